The Labute approximate surface area is 189 Å². The van der Waals surface area contributed by atoms with Gasteiger partial charge in [-0.3, -0.25) is 9.32 Å². The van der Waals surface area contributed by atoms with Gasteiger partial charge in [-0.05, 0) is 0 Å². The zero-order valence-electron chi connectivity index (χ0n) is 17.1. The number of imidazole rings is 1. The molecule has 21 heteroatoms. The van der Waals surface area contributed by atoms with Crippen LogP contribution >= 0.6 is 23.5 Å². The summed E-state index contributed by atoms with van der Waals surface area (Å²) in [4.78, 5) is 54.1. The molecule has 0 bridgehead atoms. The molecule has 3 rings (SSSR count). The van der Waals surface area contributed by atoms with E-state index in [9.17, 15) is 38.6 Å². The van der Waals surface area contributed by atoms with E-state index in [0.717, 1.165) is 17.0 Å². The van der Waals surface area contributed by atoms with Crippen LogP contribution < -0.4 is 5.56 Å². The summed E-state index contributed by atoms with van der Waals surface area (Å²) >= 11 is 0. The predicted octanol–water partition coefficient (Wildman–Crippen LogP) is -0.734. The van der Waals surface area contributed by atoms with Crippen molar-refractivity contribution in [1.29, 1.82) is 5.26 Å². The predicted molar refractivity (Wildman–Crippen MR) is 105 cm³/mol. The quantitative estimate of drug-likeness (QED) is 0.223. The van der Waals surface area contributed by atoms with Gasteiger partial charge < -0.3 is 34.4 Å². The summed E-state index contributed by atoms with van der Waals surface area (Å²) in [6.07, 6.45) is -0.921. The molecule has 2 aromatic heterocycles. The molecule has 1 fully saturated rings. The normalized spacial score (nSPS) is 28.3. The van der Waals surface area contributed by atoms with E-state index in [0.29, 0.717) is 0 Å². The highest BCUT2D eigenvalue weighted by Crippen LogP contribution is 2.66. The lowest BCUT2D eigenvalue weighted by molar-refractivity contribution is -0.0613. The molecule has 1 saturated heterocycles. The smallest absolute Gasteiger partial charge is 0.390 e. The van der Waals surface area contributed by atoms with E-state index in [4.69, 9.17) is 14.5 Å². The zero-order valence-corrected chi connectivity index (χ0v) is 19.8. The third-order valence-corrected chi connectivity index (χ3v) is 8.78. The van der Waals surface area contributed by atoms with Crippen LogP contribution in [0.2, 0.25) is 0 Å². The van der Waals surface area contributed by atoms with Crippen molar-refractivity contribution in [3.05, 3.63) is 28.6 Å². The van der Waals surface area contributed by atoms with Gasteiger partial charge in [-0.25, -0.2) is 23.2 Å². The van der Waals surface area contributed by atoms with Crippen molar-refractivity contribution in [3.8, 4) is 6.07 Å². The van der Waals surface area contributed by atoms with Gasteiger partial charge in [0.15, 0.2) is 0 Å². The van der Waals surface area contributed by atoms with E-state index in [2.05, 4.69) is 28.2 Å². The van der Waals surface area contributed by atoms with Crippen LogP contribution in [0.15, 0.2) is 17.3 Å². The van der Waals surface area contributed by atoms with Crippen LogP contribution in [0.1, 0.15) is 19.5 Å². The summed E-state index contributed by atoms with van der Waals surface area (Å²) in [6, 6.07) is 1.90. The van der Waals surface area contributed by atoms with E-state index in [1.54, 1.807) is 0 Å². The number of nitrogens with one attached hydrogen (secondary N) is 1. The minimum absolute atomic E-state index is 0.0546. The second-order valence-corrected chi connectivity index (χ2v) is 11.9. The van der Waals surface area contributed by atoms with Crippen LogP contribution in [-0.2, 0) is 37.2 Å². The molecule has 5 atom stereocenters. The molecular weight excluding hydrogens is 527 g/mol. The maximum atomic E-state index is 12.0. The topological polar surface area (TPSA) is 276 Å². The second kappa shape index (κ2) is 8.68. The van der Waals surface area contributed by atoms with Crippen LogP contribution in [0.4, 0.5) is 0 Å². The molecule has 3 heterocycles. The Bertz CT molecular complexity index is 1340. The maximum Gasteiger partial charge on any atom is 0.490 e. The van der Waals surface area contributed by atoms with Crippen LogP contribution in [0, 0.1) is 16.7 Å². The fourth-order valence-corrected chi connectivity index (χ4v) is 6.43. The van der Waals surface area contributed by atoms with E-state index >= 15 is 0 Å². The fourth-order valence-electron chi connectivity index (χ4n) is 3.40. The largest absolute Gasteiger partial charge is 0.490 e. The number of phosphoric acid groups is 3. The van der Waals surface area contributed by atoms with Gasteiger partial charge in [0.1, 0.15) is 24.2 Å². The Morgan fingerprint density at radius 3 is 2.47 bits per heavy atom. The Morgan fingerprint density at radius 1 is 1.24 bits per heavy atom. The van der Waals surface area contributed by atoms with Crippen LogP contribution in [-0.4, -0.2) is 63.1 Å². The summed E-state index contributed by atoms with van der Waals surface area (Å²) in [5, 5.41) is 24.7. The summed E-state index contributed by atoms with van der Waals surface area (Å²) in [5.74, 6) is 0. The molecule has 0 saturated carbocycles. The maximum absolute atomic E-state index is 12.0. The molecule has 0 spiro atoms. The number of fused-ring (bicyclic) bond motifs is 1. The summed E-state index contributed by atoms with van der Waals surface area (Å²) in [5.41, 5.74) is -4.35. The molecule has 5 unspecified atom stereocenters. The number of nitriles is 1. The molecule has 0 radical (unpaired) electrons. The first-order valence-corrected chi connectivity index (χ1v) is 13.4. The Hall–Kier alpha value is -1.83. The van der Waals surface area contributed by atoms with Crippen molar-refractivity contribution >= 4 is 29.1 Å². The van der Waals surface area contributed by atoms with Crippen LogP contribution in [0.3, 0.4) is 0 Å². The monoisotopic (exact) mass is 545 g/mol. The molecule has 1 aliphatic rings. The number of hydrogen-bond acceptors (Lipinski definition) is 12. The molecule has 188 valence electrons. The van der Waals surface area contributed by atoms with Gasteiger partial charge >= 0.3 is 23.5 Å². The van der Waals surface area contributed by atoms with Crippen molar-refractivity contribution in [2.24, 2.45) is 5.41 Å². The van der Waals surface area contributed by atoms with Crippen molar-refractivity contribution in [3.63, 3.8) is 0 Å². The van der Waals surface area contributed by atoms with Crippen molar-refractivity contribution in [2.75, 3.05) is 6.61 Å². The Balaban J connectivity index is 1.87. The Kier molecular flexibility index (Phi) is 6.83. The third kappa shape index (κ3) is 4.93. The number of hydrogen-bond donors (Lipinski definition) is 6. The summed E-state index contributed by atoms with van der Waals surface area (Å²) < 4.78 is 52.6. The van der Waals surface area contributed by atoms with Gasteiger partial charge in [0.25, 0.3) is 5.56 Å². The number of rotatable bonds is 8. The van der Waals surface area contributed by atoms with Gasteiger partial charge in [-0.15, -0.1) is 0 Å². The number of nitrogens with zero attached hydrogens (tertiary/aromatic N) is 4. The van der Waals surface area contributed by atoms with Crippen LogP contribution in [0.5, 0.6) is 0 Å². The summed E-state index contributed by atoms with van der Waals surface area (Å²) in [7, 11) is -16.8. The molecule has 0 amide bonds. The first kappa shape index (κ1) is 26.8. The van der Waals surface area contributed by atoms with E-state index in [-0.39, 0.29) is 11.3 Å². The first-order chi connectivity index (χ1) is 15.4. The lowest BCUT2D eigenvalue weighted by Gasteiger charge is -2.34. The lowest BCUT2D eigenvalue weighted by Crippen LogP contribution is -2.43. The lowest BCUT2D eigenvalue weighted by atomic mass is 9.71. The molecule has 0 aromatic carbocycles. The van der Waals surface area contributed by atoms with Gasteiger partial charge in [0.05, 0.1) is 18.9 Å². The summed E-state index contributed by atoms with van der Waals surface area (Å²) in [6.45, 7) is 1.83. The average molecular weight is 545 g/mol. The highest BCUT2D eigenvalue weighted by Gasteiger charge is 2.63. The van der Waals surface area contributed by atoms with Crippen molar-refractivity contribution in [2.45, 2.75) is 31.7 Å². The number of aliphatic hydroxyl groups is 1. The number of phosphoric ester groups is 1. The Morgan fingerprint density at radius 2 is 1.88 bits per heavy atom. The van der Waals surface area contributed by atoms with Crippen molar-refractivity contribution < 1.29 is 56.3 Å². The first-order valence-electron chi connectivity index (χ1n) is 8.92. The average Bonchev–Trinajstić information content (AvgIpc) is 3.17. The SMILES string of the molecule is CC1(C)C(O)C(COP(=O)(O)OP(=O)(O)OP(=O)(O)O)OC1(C#N)c1cnc2c(=O)[nH]cnn12. The van der Waals surface area contributed by atoms with Gasteiger partial charge in [0, 0.05) is 5.41 Å². The third-order valence-electron chi connectivity index (χ3n) is 4.97. The van der Waals surface area contributed by atoms with Gasteiger partial charge in [-0.2, -0.15) is 19.0 Å². The number of ether oxygens (including phenoxy) is 1. The minimum Gasteiger partial charge on any atom is -0.390 e. The number of aliphatic hydroxyl groups excluding tert-OH is 1. The van der Waals surface area contributed by atoms with Crippen LogP contribution in [0.25, 0.3) is 5.65 Å². The second-order valence-electron chi connectivity index (χ2n) is 7.50. The standard InChI is InChI=1S/C13H18N5O13P3/c1-12(2)9(19)7(4-28-33(24,25)31-34(26,27)30-32(21,22)23)29-13(12,5-14)8-3-15-10-11(20)16-6-17-18(8)10/h3,6-7,9,19H,4H2,1-2H3,(H,24,25)(H,26,27)(H,16,17,20)(H2,21,22,23). The van der Waals surface area contributed by atoms with E-state index in [1.807, 2.05) is 6.07 Å². The molecule has 1 aliphatic heterocycles. The molecular formula is C13H18N5O13P3. The highest BCUT2D eigenvalue weighted by atomic mass is 31.3. The minimum atomic E-state index is -5.75. The fraction of sp³-hybridized carbons (Fsp3) is 0.538. The van der Waals surface area contributed by atoms with Gasteiger partial charge in [0.2, 0.25) is 11.2 Å². The number of H-pyrrole nitrogens is 1. The van der Waals surface area contributed by atoms with E-state index < -0.39 is 58.9 Å². The number of aromatic nitrogens is 4. The molecule has 0 aliphatic carbocycles. The highest BCUT2D eigenvalue weighted by molar-refractivity contribution is 7.66. The van der Waals surface area contributed by atoms with E-state index in [1.165, 1.54) is 13.8 Å². The number of aromatic amines is 1. The molecule has 18 nitrogen and oxygen atoms in total. The molecule has 34 heavy (non-hydrogen) atoms. The molecule has 6 N–H and O–H groups in total. The zero-order chi connectivity index (χ0) is 25.7. The van der Waals surface area contributed by atoms with Crippen molar-refractivity contribution in [1.82, 2.24) is 19.6 Å². The molecule has 2 aromatic rings. The van der Waals surface area contributed by atoms with Gasteiger partial charge in [-0.1, -0.05) is 13.8 Å².